The summed E-state index contributed by atoms with van der Waals surface area (Å²) >= 11 is 1.42. The Morgan fingerprint density at radius 3 is 3.00 bits per heavy atom. The fourth-order valence-corrected chi connectivity index (χ4v) is 2.78. The lowest BCUT2D eigenvalue weighted by Crippen LogP contribution is -2.07. The first kappa shape index (κ1) is 17.5. The molecule has 0 bridgehead atoms. The third kappa shape index (κ3) is 6.02. The maximum Gasteiger partial charge on any atom is 0.305 e. The van der Waals surface area contributed by atoms with Crippen LogP contribution in [0.2, 0.25) is 0 Å². The van der Waals surface area contributed by atoms with E-state index < -0.39 is 0 Å². The highest BCUT2D eigenvalue weighted by atomic mass is 32.2. The molecule has 7 heteroatoms. The van der Waals surface area contributed by atoms with Crippen molar-refractivity contribution in [3.8, 4) is 0 Å². The minimum atomic E-state index is -0.288. The molecule has 0 radical (unpaired) electrons. The van der Waals surface area contributed by atoms with E-state index >= 15 is 0 Å². The molecule has 2 aromatic rings. The van der Waals surface area contributed by atoms with Crippen molar-refractivity contribution in [1.29, 1.82) is 0 Å². The molecule has 5 nitrogen and oxygen atoms in total. The van der Waals surface area contributed by atoms with Gasteiger partial charge < -0.3 is 9.15 Å². The number of aromatic nitrogens is 2. The van der Waals surface area contributed by atoms with Crippen LogP contribution in [-0.2, 0) is 16.0 Å². The number of hydrogen-bond donors (Lipinski definition) is 0. The molecule has 1 aromatic carbocycles. The van der Waals surface area contributed by atoms with Crippen molar-refractivity contribution < 1.29 is 18.3 Å². The molecule has 0 N–H and O–H groups in total. The number of halogens is 1. The summed E-state index contributed by atoms with van der Waals surface area (Å²) in [7, 11) is 0. The van der Waals surface area contributed by atoms with Crippen LogP contribution in [0, 0.1) is 5.82 Å². The minimum absolute atomic E-state index is 0.155. The van der Waals surface area contributed by atoms with Gasteiger partial charge in [-0.1, -0.05) is 30.8 Å². The van der Waals surface area contributed by atoms with Crippen molar-refractivity contribution in [2.75, 3.05) is 6.61 Å². The lowest BCUT2D eigenvalue weighted by atomic mass is 10.1. The lowest BCUT2D eigenvalue weighted by molar-refractivity contribution is -0.143. The molecule has 0 unspecified atom stereocenters. The van der Waals surface area contributed by atoms with E-state index in [1.54, 1.807) is 13.0 Å². The number of ether oxygens (including phenoxy) is 1. The number of carbonyl (C=O) groups is 1. The molecule has 23 heavy (non-hydrogen) atoms. The summed E-state index contributed by atoms with van der Waals surface area (Å²) < 4.78 is 23.6. The zero-order valence-electron chi connectivity index (χ0n) is 13.1. The number of carbonyl (C=O) groups excluding carboxylic acids is 1. The molecule has 0 aliphatic rings. The second-order valence-electron chi connectivity index (χ2n) is 5.04. The number of thioether (sulfide) groups is 1. The van der Waals surface area contributed by atoms with Gasteiger partial charge in [0.15, 0.2) is 0 Å². The quantitative estimate of drug-likeness (QED) is 0.541. The summed E-state index contributed by atoms with van der Waals surface area (Å²) in [5, 5.41) is 8.55. The largest absolute Gasteiger partial charge is 0.466 e. The first-order valence-corrected chi connectivity index (χ1v) is 8.34. The molecular weight excluding hydrogens is 319 g/mol. The second-order valence-corrected chi connectivity index (χ2v) is 6.43. The average Bonchev–Trinajstić information content (AvgIpc) is 2.92. The highest BCUT2D eigenvalue weighted by molar-refractivity contribution is 7.99. The monoisotopic (exact) mass is 338 g/mol. The number of hydrogen-bond acceptors (Lipinski definition) is 6. The Labute approximate surface area is 138 Å². The third-order valence-corrected chi connectivity index (χ3v) is 4.06. The van der Waals surface area contributed by atoms with Gasteiger partial charge in [-0.05, 0) is 31.0 Å². The van der Waals surface area contributed by atoms with Gasteiger partial charge in [-0.15, -0.1) is 10.2 Å². The highest BCUT2D eigenvalue weighted by Gasteiger charge is 2.14. The predicted molar refractivity (Wildman–Crippen MR) is 84.7 cm³/mol. The summed E-state index contributed by atoms with van der Waals surface area (Å²) in [4.78, 5) is 11.3. The average molecular weight is 338 g/mol. The van der Waals surface area contributed by atoms with Gasteiger partial charge in [0.2, 0.25) is 5.89 Å². The Bertz CT molecular complexity index is 648. The summed E-state index contributed by atoms with van der Waals surface area (Å²) in [6.07, 6.45) is 1.43. The molecule has 0 saturated heterocycles. The van der Waals surface area contributed by atoms with Crippen molar-refractivity contribution in [2.24, 2.45) is 0 Å². The van der Waals surface area contributed by atoms with Gasteiger partial charge >= 0.3 is 5.97 Å². The normalized spacial score (nSPS) is 12.1. The molecule has 0 spiro atoms. The van der Waals surface area contributed by atoms with Gasteiger partial charge in [-0.25, -0.2) is 4.39 Å². The molecule has 1 atom stereocenters. The van der Waals surface area contributed by atoms with Crippen LogP contribution >= 0.6 is 11.8 Å². The van der Waals surface area contributed by atoms with Gasteiger partial charge in [-0.2, -0.15) is 0 Å². The van der Waals surface area contributed by atoms with Crippen LogP contribution in [0.15, 0.2) is 33.9 Å². The second kappa shape index (κ2) is 8.67. The van der Waals surface area contributed by atoms with E-state index in [0.29, 0.717) is 37.0 Å². The molecule has 0 saturated carbocycles. The lowest BCUT2D eigenvalue weighted by Gasteiger charge is -2.07. The first-order valence-electron chi connectivity index (χ1n) is 7.46. The van der Waals surface area contributed by atoms with Crippen molar-refractivity contribution in [2.45, 2.75) is 43.6 Å². The van der Waals surface area contributed by atoms with E-state index in [-0.39, 0.29) is 17.0 Å². The van der Waals surface area contributed by atoms with Gasteiger partial charge in [0, 0.05) is 11.7 Å². The van der Waals surface area contributed by atoms with Gasteiger partial charge in [0.1, 0.15) is 5.82 Å². The SMILES string of the molecule is CCOC(=O)CC[C@H](C)Sc1nnc(Cc2cccc(F)c2)o1. The van der Waals surface area contributed by atoms with Crippen molar-refractivity contribution in [3.05, 3.63) is 41.5 Å². The summed E-state index contributed by atoms with van der Waals surface area (Å²) in [5.41, 5.74) is 0.778. The van der Waals surface area contributed by atoms with Crippen LogP contribution in [0.4, 0.5) is 4.39 Å². The van der Waals surface area contributed by atoms with Crippen LogP contribution in [0.1, 0.15) is 38.1 Å². The fraction of sp³-hybridized carbons (Fsp3) is 0.438. The Kier molecular flexibility index (Phi) is 6.58. The van der Waals surface area contributed by atoms with Crippen LogP contribution in [0.25, 0.3) is 0 Å². The number of benzene rings is 1. The zero-order chi connectivity index (χ0) is 16.7. The topological polar surface area (TPSA) is 65.2 Å². The maximum atomic E-state index is 13.1. The molecule has 0 aliphatic carbocycles. The van der Waals surface area contributed by atoms with Crippen LogP contribution < -0.4 is 0 Å². The zero-order valence-corrected chi connectivity index (χ0v) is 13.9. The van der Waals surface area contributed by atoms with Crippen molar-refractivity contribution >= 4 is 17.7 Å². The summed E-state index contributed by atoms with van der Waals surface area (Å²) in [6.45, 7) is 4.17. The van der Waals surface area contributed by atoms with Gasteiger partial charge in [0.05, 0.1) is 13.0 Å². The van der Waals surface area contributed by atoms with E-state index in [4.69, 9.17) is 9.15 Å². The molecule has 1 aromatic heterocycles. The highest BCUT2D eigenvalue weighted by Crippen LogP contribution is 2.25. The van der Waals surface area contributed by atoms with Crippen LogP contribution in [0.3, 0.4) is 0 Å². The van der Waals surface area contributed by atoms with E-state index in [0.717, 1.165) is 5.56 Å². The van der Waals surface area contributed by atoms with Crippen LogP contribution in [-0.4, -0.2) is 28.0 Å². The predicted octanol–water partition coefficient (Wildman–Crippen LogP) is 3.62. The molecule has 1 heterocycles. The van der Waals surface area contributed by atoms with E-state index in [1.807, 2.05) is 13.0 Å². The Balaban J connectivity index is 1.83. The standard InChI is InChI=1S/C16H19FN2O3S/c1-3-21-15(20)8-7-11(2)23-16-19-18-14(22-16)10-12-5-4-6-13(17)9-12/h4-6,9,11H,3,7-8,10H2,1-2H3/t11-/m0/s1. The maximum absolute atomic E-state index is 13.1. The number of esters is 1. The smallest absolute Gasteiger partial charge is 0.305 e. The van der Waals surface area contributed by atoms with E-state index in [1.165, 1.54) is 23.9 Å². The number of nitrogens with zero attached hydrogens (tertiary/aromatic N) is 2. The Hall–Kier alpha value is -1.89. The Morgan fingerprint density at radius 1 is 1.43 bits per heavy atom. The summed E-state index contributed by atoms with van der Waals surface area (Å²) in [6, 6.07) is 6.29. The summed E-state index contributed by atoms with van der Waals surface area (Å²) in [5.74, 6) is -0.0443. The molecule has 124 valence electrons. The van der Waals surface area contributed by atoms with Gasteiger partial charge in [-0.3, -0.25) is 4.79 Å². The molecule has 0 fully saturated rings. The molecular formula is C16H19FN2O3S. The van der Waals surface area contributed by atoms with Crippen molar-refractivity contribution in [3.63, 3.8) is 0 Å². The van der Waals surface area contributed by atoms with Crippen molar-refractivity contribution in [1.82, 2.24) is 10.2 Å². The fourth-order valence-electron chi connectivity index (χ4n) is 1.96. The Morgan fingerprint density at radius 2 is 2.26 bits per heavy atom. The van der Waals surface area contributed by atoms with E-state index in [9.17, 15) is 9.18 Å². The van der Waals surface area contributed by atoms with E-state index in [2.05, 4.69) is 10.2 Å². The van der Waals surface area contributed by atoms with Gasteiger partial charge in [0.25, 0.3) is 5.22 Å². The molecule has 0 amide bonds. The van der Waals surface area contributed by atoms with Crippen LogP contribution in [0.5, 0.6) is 0 Å². The first-order chi connectivity index (χ1) is 11.1. The number of rotatable bonds is 8. The third-order valence-electron chi connectivity index (χ3n) is 3.06. The molecule has 2 rings (SSSR count). The minimum Gasteiger partial charge on any atom is -0.466 e. The molecule has 0 aliphatic heterocycles.